The molecule has 1 aromatic rings. The molecule has 22 heavy (non-hydrogen) atoms. The van der Waals surface area contributed by atoms with Crippen molar-refractivity contribution < 1.29 is 23.9 Å². The SMILES string of the molecule is CNC(=O)NC(=O)[C@@H](C)OC(=O)c1cc(Cl)c(OC)c(Cl)c1. The molecule has 1 rings (SSSR count). The second kappa shape index (κ2) is 7.86. The summed E-state index contributed by atoms with van der Waals surface area (Å²) in [7, 11) is 2.73. The maximum absolute atomic E-state index is 12.0. The molecule has 1 aromatic carbocycles. The highest BCUT2D eigenvalue weighted by atomic mass is 35.5. The van der Waals surface area contributed by atoms with Gasteiger partial charge in [0.2, 0.25) is 0 Å². The Kier molecular flexibility index (Phi) is 6.45. The molecule has 120 valence electrons. The van der Waals surface area contributed by atoms with Crippen molar-refractivity contribution in [2.75, 3.05) is 14.2 Å². The Balaban J connectivity index is 2.81. The number of nitrogens with one attached hydrogen (secondary N) is 2. The number of amides is 3. The Morgan fingerprint density at radius 3 is 2.18 bits per heavy atom. The van der Waals surface area contributed by atoms with Gasteiger partial charge in [-0.25, -0.2) is 9.59 Å². The van der Waals surface area contributed by atoms with Crippen molar-refractivity contribution >= 4 is 41.1 Å². The minimum Gasteiger partial charge on any atom is -0.494 e. The molecule has 1 atom stereocenters. The number of hydrogen-bond acceptors (Lipinski definition) is 5. The van der Waals surface area contributed by atoms with Gasteiger partial charge in [0.05, 0.1) is 22.7 Å². The molecule has 0 heterocycles. The van der Waals surface area contributed by atoms with Crippen LogP contribution in [0.4, 0.5) is 4.79 Å². The van der Waals surface area contributed by atoms with E-state index in [1.54, 1.807) is 0 Å². The fourth-order valence-corrected chi connectivity index (χ4v) is 2.07. The third kappa shape index (κ3) is 4.51. The van der Waals surface area contributed by atoms with Crippen LogP contribution in [0.3, 0.4) is 0 Å². The van der Waals surface area contributed by atoms with Crippen LogP contribution in [0.2, 0.25) is 10.0 Å². The van der Waals surface area contributed by atoms with Crippen LogP contribution in [0.5, 0.6) is 5.75 Å². The van der Waals surface area contributed by atoms with Gasteiger partial charge in [0, 0.05) is 7.05 Å². The number of halogens is 2. The van der Waals surface area contributed by atoms with Crippen LogP contribution in [0.1, 0.15) is 17.3 Å². The topological polar surface area (TPSA) is 93.7 Å². The largest absolute Gasteiger partial charge is 0.494 e. The Morgan fingerprint density at radius 2 is 1.73 bits per heavy atom. The van der Waals surface area contributed by atoms with Crippen molar-refractivity contribution in [2.24, 2.45) is 0 Å². The molecule has 0 spiro atoms. The smallest absolute Gasteiger partial charge is 0.339 e. The zero-order chi connectivity index (χ0) is 16.9. The number of urea groups is 1. The van der Waals surface area contributed by atoms with Gasteiger partial charge in [0.25, 0.3) is 5.91 Å². The van der Waals surface area contributed by atoms with Gasteiger partial charge in [-0.15, -0.1) is 0 Å². The minimum atomic E-state index is -1.18. The van der Waals surface area contributed by atoms with E-state index in [1.807, 2.05) is 5.32 Å². The minimum absolute atomic E-state index is 0.0513. The van der Waals surface area contributed by atoms with Crippen LogP contribution in [0, 0.1) is 0 Å². The number of rotatable bonds is 4. The third-order valence-corrected chi connectivity index (χ3v) is 3.12. The molecule has 0 aromatic heterocycles. The predicted molar refractivity (Wildman–Crippen MR) is 80.5 cm³/mol. The average Bonchev–Trinajstić information content (AvgIpc) is 2.46. The van der Waals surface area contributed by atoms with Crippen molar-refractivity contribution in [3.8, 4) is 5.75 Å². The van der Waals surface area contributed by atoms with Crippen LogP contribution in [-0.4, -0.2) is 38.2 Å². The van der Waals surface area contributed by atoms with Gasteiger partial charge in [-0.3, -0.25) is 10.1 Å². The van der Waals surface area contributed by atoms with Gasteiger partial charge in [-0.1, -0.05) is 23.2 Å². The molecule has 0 saturated carbocycles. The molecule has 0 aliphatic rings. The maximum Gasteiger partial charge on any atom is 0.339 e. The summed E-state index contributed by atoms with van der Waals surface area (Å²) < 4.78 is 9.90. The molecule has 2 N–H and O–H groups in total. The van der Waals surface area contributed by atoms with E-state index in [2.05, 4.69) is 5.32 Å². The van der Waals surface area contributed by atoms with E-state index in [4.69, 9.17) is 32.7 Å². The fraction of sp³-hybridized carbons (Fsp3) is 0.308. The van der Waals surface area contributed by atoms with Crippen LogP contribution >= 0.6 is 23.2 Å². The van der Waals surface area contributed by atoms with Crippen molar-refractivity contribution in [3.05, 3.63) is 27.7 Å². The summed E-state index contributed by atoms with van der Waals surface area (Å²) in [6.45, 7) is 1.32. The number of imide groups is 1. The van der Waals surface area contributed by atoms with Gasteiger partial charge >= 0.3 is 12.0 Å². The van der Waals surface area contributed by atoms with Crippen molar-refractivity contribution in [2.45, 2.75) is 13.0 Å². The van der Waals surface area contributed by atoms with E-state index in [9.17, 15) is 14.4 Å². The lowest BCUT2D eigenvalue weighted by Gasteiger charge is -2.13. The highest BCUT2D eigenvalue weighted by molar-refractivity contribution is 6.37. The first-order chi connectivity index (χ1) is 10.3. The summed E-state index contributed by atoms with van der Waals surface area (Å²) in [6.07, 6.45) is -1.18. The fourth-order valence-electron chi connectivity index (χ4n) is 1.43. The van der Waals surface area contributed by atoms with E-state index in [1.165, 1.54) is 33.2 Å². The molecule has 0 saturated heterocycles. The van der Waals surface area contributed by atoms with Gasteiger partial charge in [-0.2, -0.15) is 0 Å². The lowest BCUT2D eigenvalue weighted by atomic mass is 10.2. The molecular formula is C13H14Cl2N2O5. The summed E-state index contributed by atoms with van der Waals surface area (Å²) in [5.74, 6) is -1.35. The number of carbonyl (C=O) groups is 3. The summed E-state index contributed by atoms with van der Waals surface area (Å²) >= 11 is 11.8. The molecule has 7 nitrogen and oxygen atoms in total. The van der Waals surface area contributed by atoms with Crippen LogP contribution in [-0.2, 0) is 9.53 Å². The number of esters is 1. The van der Waals surface area contributed by atoms with Crippen LogP contribution < -0.4 is 15.4 Å². The number of benzene rings is 1. The average molecular weight is 349 g/mol. The first-order valence-corrected chi connectivity index (χ1v) is 6.82. The Hall–Kier alpha value is -1.99. The van der Waals surface area contributed by atoms with Crippen LogP contribution in [0.15, 0.2) is 12.1 Å². The molecular weight excluding hydrogens is 335 g/mol. The second-order valence-electron chi connectivity index (χ2n) is 4.09. The normalized spacial score (nSPS) is 11.3. The number of methoxy groups -OCH3 is 1. The Labute approximate surface area is 136 Å². The van der Waals surface area contributed by atoms with Crippen LogP contribution in [0.25, 0.3) is 0 Å². The summed E-state index contributed by atoms with van der Waals surface area (Å²) in [5.41, 5.74) is 0.0513. The molecule has 0 aliphatic heterocycles. The van der Waals surface area contributed by atoms with Gasteiger partial charge in [0.15, 0.2) is 11.9 Å². The van der Waals surface area contributed by atoms with E-state index < -0.39 is 24.0 Å². The predicted octanol–water partition coefficient (Wildman–Crippen LogP) is 2.00. The second-order valence-corrected chi connectivity index (χ2v) is 4.90. The number of carbonyl (C=O) groups excluding carboxylic acids is 3. The monoisotopic (exact) mass is 348 g/mol. The lowest BCUT2D eigenvalue weighted by Crippen LogP contribution is -2.43. The summed E-state index contributed by atoms with van der Waals surface area (Å²) in [5, 5.41) is 4.45. The molecule has 9 heteroatoms. The van der Waals surface area contributed by atoms with E-state index in [-0.39, 0.29) is 21.4 Å². The Bertz CT molecular complexity index is 583. The Morgan fingerprint density at radius 1 is 1.18 bits per heavy atom. The van der Waals surface area contributed by atoms with Gasteiger partial charge in [-0.05, 0) is 19.1 Å². The summed E-state index contributed by atoms with van der Waals surface area (Å²) in [4.78, 5) is 34.6. The zero-order valence-corrected chi connectivity index (χ0v) is 13.5. The maximum atomic E-state index is 12.0. The van der Waals surface area contributed by atoms with Gasteiger partial charge in [0.1, 0.15) is 0 Å². The zero-order valence-electron chi connectivity index (χ0n) is 12.0. The highest BCUT2D eigenvalue weighted by Gasteiger charge is 2.22. The van der Waals surface area contributed by atoms with Gasteiger partial charge < -0.3 is 14.8 Å². The number of hydrogen-bond donors (Lipinski definition) is 2. The highest BCUT2D eigenvalue weighted by Crippen LogP contribution is 2.34. The quantitative estimate of drug-likeness (QED) is 0.811. The van der Waals surface area contributed by atoms with Crippen molar-refractivity contribution in [3.63, 3.8) is 0 Å². The first-order valence-electron chi connectivity index (χ1n) is 6.06. The molecule has 0 bridgehead atoms. The summed E-state index contributed by atoms with van der Waals surface area (Å²) in [6, 6.07) is 1.90. The molecule has 3 amide bonds. The third-order valence-electron chi connectivity index (χ3n) is 2.55. The molecule has 0 radical (unpaired) electrons. The van der Waals surface area contributed by atoms with E-state index in [0.717, 1.165) is 0 Å². The first kappa shape index (κ1) is 18.1. The molecule has 0 fully saturated rings. The molecule has 0 unspecified atom stereocenters. The van der Waals surface area contributed by atoms with Crippen molar-refractivity contribution in [1.29, 1.82) is 0 Å². The lowest BCUT2D eigenvalue weighted by molar-refractivity contribution is -0.127. The van der Waals surface area contributed by atoms with E-state index >= 15 is 0 Å². The van der Waals surface area contributed by atoms with E-state index in [0.29, 0.717) is 0 Å². The molecule has 0 aliphatic carbocycles. The number of ether oxygens (including phenoxy) is 2. The standard InChI is InChI=1S/C13H14Cl2N2O5/c1-6(11(18)17-13(20)16-2)22-12(19)7-4-8(14)10(21-3)9(15)5-7/h4-6H,1-3H3,(H2,16,17,18,20)/t6-/m1/s1. The van der Waals surface area contributed by atoms with Crippen molar-refractivity contribution in [1.82, 2.24) is 10.6 Å².